The molecule has 2 aliphatic heterocycles. The van der Waals surface area contributed by atoms with Crippen molar-refractivity contribution in [1.82, 2.24) is 0 Å². The molecule has 6 aliphatic carbocycles. The van der Waals surface area contributed by atoms with E-state index in [9.17, 15) is 19.5 Å². The van der Waals surface area contributed by atoms with Gasteiger partial charge in [0.05, 0.1) is 17.4 Å². The van der Waals surface area contributed by atoms with Crippen molar-refractivity contribution in [3.63, 3.8) is 0 Å². The van der Waals surface area contributed by atoms with Gasteiger partial charge in [-0.3, -0.25) is 9.59 Å². The van der Waals surface area contributed by atoms with Crippen LogP contribution in [0, 0.1) is 50.7 Å². The highest BCUT2D eigenvalue weighted by Crippen LogP contribution is 2.91. The Morgan fingerprint density at radius 3 is 2.40 bits per heavy atom. The maximum Gasteiger partial charge on any atom is 0.352 e. The number of hydrogen-bond donors (Lipinski definition) is 1. The minimum atomic E-state index is -1.90. The average molecular weight is 581 g/mol. The molecule has 4 saturated carbocycles. The Hall–Kier alpha value is -2.03. The van der Waals surface area contributed by atoms with Crippen LogP contribution in [0.3, 0.4) is 0 Å². The maximum absolute atomic E-state index is 14.9. The lowest BCUT2D eigenvalue weighted by molar-refractivity contribution is -0.304. The molecule has 0 aromatic heterocycles. The first-order valence-corrected chi connectivity index (χ1v) is 15.7. The van der Waals surface area contributed by atoms with Gasteiger partial charge in [-0.05, 0) is 81.3 Å². The van der Waals surface area contributed by atoms with Crippen LogP contribution in [-0.2, 0) is 33.3 Å². The van der Waals surface area contributed by atoms with E-state index in [0.717, 1.165) is 12.0 Å². The molecule has 8 rings (SSSR count). The molecule has 0 aromatic rings. The molecule has 2 spiro atoms. The van der Waals surface area contributed by atoms with E-state index >= 15 is 0 Å². The number of allylic oxidation sites excluding steroid dienone is 1. The number of aliphatic hydroxyl groups is 1. The van der Waals surface area contributed by atoms with Crippen molar-refractivity contribution in [2.75, 3.05) is 6.61 Å². The van der Waals surface area contributed by atoms with Crippen molar-refractivity contribution in [2.45, 2.75) is 111 Å². The number of carbonyl (C=O) groups excluding carboxylic acids is 3. The van der Waals surface area contributed by atoms with Crippen molar-refractivity contribution in [3.8, 4) is 0 Å². The second-order valence-corrected chi connectivity index (χ2v) is 16.7. The zero-order chi connectivity index (χ0) is 30.4. The predicted molar refractivity (Wildman–Crippen MR) is 149 cm³/mol. The fourth-order valence-electron chi connectivity index (χ4n) is 11.9. The number of fused-ring (bicyclic) bond motifs is 5. The van der Waals surface area contributed by atoms with E-state index in [1.807, 2.05) is 39.8 Å². The highest BCUT2D eigenvalue weighted by atomic mass is 16.7. The Labute approximate surface area is 247 Å². The Morgan fingerprint density at radius 2 is 1.76 bits per heavy atom. The van der Waals surface area contributed by atoms with Gasteiger partial charge in [0.1, 0.15) is 6.10 Å². The smallest absolute Gasteiger partial charge is 0.352 e. The Kier molecular flexibility index (Phi) is 4.65. The monoisotopic (exact) mass is 580 g/mol. The minimum absolute atomic E-state index is 0.0108. The van der Waals surface area contributed by atoms with Crippen LogP contribution in [0.25, 0.3) is 0 Å². The highest BCUT2D eigenvalue weighted by Gasteiger charge is 3.02. The summed E-state index contributed by atoms with van der Waals surface area (Å²) in [7, 11) is 0. The summed E-state index contributed by atoms with van der Waals surface area (Å²) in [6, 6.07) is 0. The number of hydrogen-bond acceptors (Lipinski definition) is 8. The lowest BCUT2D eigenvalue weighted by atomic mass is 9.55. The molecule has 11 atom stereocenters. The molecule has 2 heterocycles. The Bertz CT molecular complexity index is 1450. The maximum atomic E-state index is 14.9. The molecule has 42 heavy (non-hydrogen) atoms. The van der Waals surface area contributed by atoms with Crippen LogP contribution in [-0.4, -0.2) is 58.6 Å². The number of ether oxygens (including phenoxy) is 4. The van der Waals surface area contributed by atoms with Gasteiger partial charge in [0.2, 0.25) is 5.60 Å². The van der Waals surface area contributed by atoms with E-state index in [-0.39, 0.29) is 35.6 Å². The number of Topliss-reactive ketones (excluding diaryl/α,β-unsaturated/α-hetero) is 1. The summed E-state index contributed by atoms with van der Waals surface area (Å²) >= 11 is 0. The second kappa shape index (κ2) is 7.10. The summed E-state index contributed by atoms with van der Waals surface area (Å²) in [6.07, 6.45) is 3.96. The third-order valence-corrected chi connectivity index (χ3v) is 14.3. The van der Waals surface area contributed by atoms with Crippen molar-refractivity contribution >= 4 is 17.7 Å². The first kappa shape index (κ1) is 27.5. The molecule has 0 radical (unpaired) electrons. The second-order valence-electron chi connectivity index (χ2n) is 16.7. The van der Waals surface area contributed by atoms with E-state index in [0.29, 0.717) is 24.3 Å². The van der Waals surface area contributed by atoms with Gasteiger partial charge in [0.15, 0.2) is 23.3 Å². The highest BCUT2D eigenvalue weighted by molar-refractivity contribution is 6.00. The molecule has 8 heteroatoms. The topological polar surface area (TPSA) is 108 Å². The van der Waals surface area contributed by atoms with Crippen molar-refractivity contribution in [2.24, 2.45) is 50.7 Å². The predicted octanol–water partition coefficient (Wildman–Crippen LogP) is 4.29. The SMILES string of the molecule is CC1=CC23C(=O)C(C=C4COC(C)(C)OC4C2(O)C1OC(=O)C12OC(=O)C4(C)CCC41C2(C)C)C1C(C[C@H]3C)C1(C)C. The molecule has 0 amide bonds. The number of ketones is 1. The molecule has 8 nitrogen and oxygen atoms in total. The van der Waals surface area contributed by atoms with Gasteiger partial charge in [-0.1, -0.05) is 46.8 Å². The van der Waals surface area contributed by atoms with Crippen LogP contribution in [0.5, 0.6) is 0 Å². The zero-order valence-electron chi connectivity index (χ0n) is 26.3. The van der Waals surface area contributed by atoms with Crippen LogP contribution < -0.4 is 0 Å². The van der Waals surface area contributed by atoms with Crippen LogP contribution in [0.4, 0.5) is 0 Å². The summed E-state index contributed by atoms with van der Waals surface area (Å²) in [4.78, 5) is 42.4. The summed E-state index contributed by atoms with van der Waals surface area (Å²) in [5, 5.41) is 13.3. The van der Waals surface area contributed by atoms with Gasteiger partial charge in [-0.25, -0.2) is 4.79 Å². The number of rotatable bonds is 2. The van der Waals surface area contributed by atoms with Crippen molar-refractivity contribution in [3.05, 3.63) is 23.3 Å². The fraction of sp³-hybridized carbons (Fsp3) is 0.794. The molecule has 6 fully saturated rings. The fourth-order valence-corrected chi connectivity index (χ4v) is 11.9. The first-order valence-electron chi connectivity index (χ1n) is 15.7. The molecule has 0 aromatic carbocycles. The van der Waals surface area contributed by atoms with E-state index in [4.69, 9.17) is 18.9 Å². The van der Waals surface area contributed by atoms with Gasteiger partial charge in [-0.15, -0.1) is 0 Å². The third kappa shape index (κ3) is 2.40. The molecular weight excluding hydrogens is 536 g/mol. The normalized spacial score (nSPS) is 54.6. The third-order valence-electron chi connectivity index (χ3n) is 14.3. The molecule has 1 N–H and O–H groups in total. The average Bonchev–Trinajstić information content (AvgIpc) is 3.56. The molecule has 8 aliphatic rings. The molecule has 2 bridgehead atoms. The Morgan fingerprint density at radius 1 is 1.07 bits per heavy atom. The summed E-state index contributed by atoms with van der Waals surface area (Å²) in [5.74, 6) is -2.17. The summed E-state index contributed by atoms with van der Waals surface area (Å²) < 4.78 is 25.1. The van der Waals surface area contributed by atoms with Crippen LogP contribution in [0.1, 0.15) is 81.6 Å². The molecular formula is C34H44O8. The number of esters is 2. The van der Waals surface area contributed by atoms with E-state index in [1.54, 1.807) is 13.8 Å². The lowest BCUT2D eigenvalue weighted by Gasteiger charge is -2.52. The van der Waals surface area contributed by atoms with Crippen molar-refractivity contribution < 1.29 is 38.4 Å². The van der Waals surface area contributed by atoms with E-state index in [1.165, 1.54) is 0 Å². The minimum Gasteiger partial charge on any atom is -0.452 e. The Balaban J connectivity index is 1.26. The first-order chi connectivity index (χ1) is 19.3. The standard InChI is InChI=1S/C34H44O8/c1-16-14-31-17(2)12-20-21(27(20,3)4)19(22(31)35)13-18-15-39-29(7,8)41-24(18)33(31,38)23(16)40-26(37)34-28(5,6)32(34)11-10-30(32,9)25(36)42-34/h13-14,17,19-21,23-24,38H,10-12,15H2,1-9H3/t17-,19?,20?,21?,23?,24?,30?,31?,32?,33?,34?/m1/s1. The zero-order valence-corrected chi connectivity index (χ0v) is 26.3. The van der Waals surface area contributed by atoms with Crippen LogP contribution in [0.2, 0.25) is 0 Å². The van der Waals surface area contributed by atoms with E-state index in [2.05, 4.69) is 20.8 Å². The van der Waals surface area contributed by atoms with Crippen molar-refractivity contribution in [1.29, 1.82) is 0 Å². The van der Waals surface area contributed by atoms with Crippen LogP contribution >= 0.6 is 0 Å². The quantitative estimate of drug-likeness (QED) is 0.381. The van der Waals surface area contributed by atoms with Gasteiger partial charge < -0.3 is 24.1 Å². The van der Waals surface area contributed by atoms with Gasteiger partial charge >= 0.3 is 11.9 Å². The largest absolute Gasteiger partial charge is 0.452 e. The van der Waals surface area contributed by atoms with Gasteiger partial charge in [0, 0.05) is 16.7 Å². The van der Waals surface area contributed by atoms with Gasteiger partial charge in [-0.2, -0.15) is 0 Å². The lowest BCUT2D eigenvalue weighted by Crippen LogP contribution is -2.68. The van der Waals surface area contributed by atoms with Gasteiger partial charge in [0.25, 0.3) is 0 Å². The summed E-state index contributed by atoms with van der Waals surface area (Å²) in [5.41, 5.74) is -5.25. The van der Waals surface area contributed by atoms with Crippen LogP contribution in [0.15, 0.2) is 23.3 Å². The molecule has 10 unspecified atom stereocenters. The summed E-state index contributed by atoms with van der Waals surface area (Å²) in [6.45, 7) is 18.0. The molecule has 2 saturated heterocycles. The molecule has 228 valence electrons. The van der Waals surface area contributed by atoms with E-state index < -0.39 is 62.7 Å². The number of carbonyl (C=O) groups is 3.